The number of hydrogen-bond acceptors (Lipinski definition) is 5. The number of sulfonamides is 1. The summed E-state index contributed by atoms with van der Waals surface area (Å²) in [7, 11) is -3.67. The predicted octanol–water partition coefficient (Wildman–Crippen LogP) is 2.72. The monoisotopic (exact) mass is 430 g/mol. The number of carbonyl (C=O) groups excluding carboxylic acids is 2. The number of esters is 1. The molecule has 0 aromatic heterocycles. The van der Waals surface area contributed by atoms with Gasteiger partial charge in [-0.3, -0.25) is 4.79 Å². The molecule has 0 unspecified atom stereocenters. The van der Waals surface area contributed by atoms with Crippen molar-refractivity contribution in [2.24, 2.45) is 0 Å². The van der Waals surface area contributed by atoms with Crippen LogP contribution in [0.15, 0.2) is 59.5 Å². The van der Waals surface area contributed by atoms with E-state index in [1.807, 2.05) is 30.3 Å². The van der Waals surface area contributed by atoms with Crippen molar-refractivity contribution >= 4 is 21.9 Å². The summed E-state index contributed by atoms with van der Waals surface area (Å²) in [4.78, 5) is 24.3. The molecule has 160 valence electrons. The molecule has 3 rings (SSSR count). The minimum Gasteiger partial charge on any atom is -0.452 e. The van der Waals surface area contributed by atoms with Crippen molar-refractivity contribution in [2.75, 3.05) is 19.7 Å². The molecule has 1 N–H and O–H groups in total. The third-order valence-corrected chi connectivity index (χ3v) is 6.83. The smallest absolute Gasteiger partial charge is 0.338 e. The second-order valence-corrected chi connectivity index (χ2v) is 9.12. The number of amides is 1. The standard InChI is InChI=1S/C22H26N2O5S/c25-21(23-16-18-9-4-3-5-10-18)17-29-22(26)19-11-8-12-20(15-19)30(27,28)24-13-6-1-2-7-14-24/h3-5,8-12,15H,1-2,6-7,13-14,16-17H2,(H,23,25). The van der Waals surface area contributed by atoms with Gasteiger partial charge >= 0.3 is 5.97 Å². The zero-order valence-electron chi connectivity index (χ0n) is 16.7. The highest BCUT2D eigenvalue weighted by atomic mass is 32.2. The van der Waals surface area contributed by atoms with E-state index in [4.69, 9.17) is 4.74 Å². The second kappa shape index (κ2) is 10.4. The van der Waals surface area contributed by atoms with Crippen LogP contribution in [0.4, 0.5) is 0 Å². The predicted molar refractivity (Wildman–Crippen MR) is 112 cm³/mol. The Morgan fingerprint density at radius 2 is 1.63 bits per heavy atom. The molecule has 1 heterocycles. The highest BCUT2D eigenvalue weighted by molar-refractivity contribution is 7.89. The molecular weight excluding hydrogens is 404 g/mol. The minimum atomic E-state index is -3.67. The van der Waals surface area contributed by atoms with Crippen molar-refractivity contribution in [3.8, 4) is 0 Å². The van der Waals surface area contributed by atoms with Gasteiger partial charge in [-0.15, -0.1) is 0 Å². The Morgan fingerprint density at radius 1 is 0.933 bits per heavy atom. The third kappa shape index (κ3) is 5.90. The van der Waals surface area contributed by atoms with E-state index >= 15 is 0 Å². The van der Waals surface area contributed by atoms with Crippen molar-refractivity contribution in [1.82, 2.24) is 9.62 Å². The molecule has 2 aromatic carbocycles. The lowest BCUT2D eigenvalue weighted by Crippen LogP contribution is -2.32. The molecule has 1 fully saturated rings. The fourth-order valence-corrected chi connectivity index (χ4v) is 4.84. The Kier molecular flexibility index (Phi) is 7.59. The van der Waals surface area contributed by atoms with E-state index in [1.54, 1.807) is 0 Å². The first-order chi connectivity index (χ1) is 14.5. The van der Waals surface area contributed by atoms with Crippen molar-refractivity contribution < 1.29 is 22.7 Å². The maximum absolute atomic E-state index is 12.9. The van der Waals surface area contributed by atoms with Crippen LogP contribution >= 0.6 is 0 Å². The number of benzene rings is 2. The lowest BCUT2D eigenvalue weighted by atomic mass is 10.2. The molecular formula is C22H26N2O5S. The Labute approximate surface area is 177 Å². The van der Waals surface area contributed by atoms with Crippen LogP contribution in [0.5, 0.6) is 0 Å². The zero-order chi connectivity index (χ0) is 21.4. The number of nitrogens with zero attached hydrogens (tertiary/aromatic N) is 1. The van der Waals surface area contributed by atoms with Gasteiger partial charge in [0.2, 0.25) is 10.0 Å². The molecule has 0 aliphatic carbocycles. The highest BCUT2D eigenvalue weighted by Crippen LogP contribution is 2.21. The van der Waals surface area contributed by atoms with Gasteiger partial charge in [-0.05, 0) is 36.6 Å². The molecule has 0 bridgehead atoms. The maximum atomic E-state index is 12.9. The van der Waals surface area contributed by atoms with Crippen LogP contribution in [-0.2, 0) is 26.1 Å². The van der Waals surface area contributed by atoms with Gasteiger partial charge in [-0.2, -0.15) is 4.31 Å². The summed E-state index contributed by atoms with van der Waals surface area (Å²) in [5.41, 5.74) is 1.03. The SMILES string of the molecule is O=C(COC(=O)c1cccc(S(=O)(=O)N2CCCCCC2)c1)NCc1ccccc1. The number of ether oxygens (including phenoxy) is 1. The first-order valence-corrected chi connectivity index (χ1v) is 11.5. The van der Waals surface area contributed by atoms with Crippen LogP contribution in [0.25, 0.3) is 0 Å². The molecule has 7 nitrogen and oxygen atoms in total. The van der Waals surface area contributed by atoms with E-state index in [2.05, 4.69) is 5.32 Å². The molecule has 1 amide bonds. The summed E-state index contributed by atoms with van der Waals surface area (Å²) in [5.74, 6) is -1.17. The Bertz CT molecular complexity index is 968. The summed E-state index contributed by atoms with van der Waals surface area (Å²) >= 11 is 0. The topological polar surface area (TPSA) is 92.8 Å². The summed E-state index contributed by atoms with van der Waals surface area (Å²) in [6.45, 7) is 0.868. The van der Waals surface area contributed by atoms with Gasteiger partial charge < -0.3 is 10.1 Å². The quantitative estimate of drug-likeness (QED) is 0.682. The minimum absolute atomic E-state index is 0.0624. The lowest BCUT2D eigenvalue weighted by Gasteiger charge is -2.20. The zero-order valence-corrected chi connectivity index (χ0v) is 17.6. The van der Waals surface area contributed by atoms with E-state index < -0.39 is 28.5 Å². The van der Waals surface area contributed by atoms with Gasteiger partial charge in [0.05, 0.1) is 10.5 Å². The van der Waals surface area contributed by atoms with Crippen LogP contribution in [-0.4, -0.2) is 44.3 Å². The Hall–Kier alpha value is -2.71. The van der Waals surface area contributed by atoms with Crippen molar-refractivity contribution in [3.05, 3.63) is 65.7 Å². The van der Waals surface area contributed by atoms with Crippen molar-refractivity contribution in [1.29, 1.82) is 0 Å². The van der Waals surface area contributed by atoms with Crippen molar-refractivity contribution in [2.45, 2.75) is 37.1 Å². The van der Waals surface area contributed by atoms with Gasteiger partial charge in [-0.25, -0.2) is 13.2 Å². The second-order valence-electron chi connectivity index (χ2n) is 7.18. The molecule has 0 saturated carbocycles. The largest absolute Gasteiger partial charge is 0.452 e. The molecule has 8 heteroatoms. The summed E-state index contributed by atoms with van der Waals surface area (Å²) in [6, 6.07) is 15.2. The van der Waals surface area contributed by atoms with Crippen LogP contribution < -0.4 is 5.32 Å². The van der Waals surface area contributed by atoms with Crippen LogP contribution in [0.3, 0.4) is 0 Å². The number of nitrogens with one attached hydrogen (secondary N) is 1. The van der Waals surface area contributed by atoms with Gasteiger partial charge in [0, 0.05) is 19.6 Å². The summed E-state index contributed by atoms with van der Waals surface area (Å²) < 4.78 is 32.3. The van der Waals surface area contributed by atoms with E-state index in [-0.39, 0.29) is 10.5 Å². The third-order valence-electron chi connectivity index (χ3n) is 4.94. The number of carbonyl (C=O) groups is 2. The molecule has 0 spiro atoms. The molecule has 30 heavy (non-hydrogen) atoms. The number of rotatable bonds is 7. The number of hydrogen-bond donors (Lipinski definition) is 1. The van der Waals surface area contributed by atoms with Crippen LogP contribution in [0.2, 0.25) is 0 Å². The van der Waals surface area contributed by atoms with Crippen LogP contribution in [0.1, 0.15) is 41.6 Å². The maximum Gasteiger partial charge on any atom is 0.338 e. The molecule has 1 aliphatic rings. The highest BCUT2D eigenvalue weighted by Gasteiger charge is 2.26. The van der Waals surface area contributed by atoms with Gasteiger partial charge in [-0.1, -0.05) is 49.2 Å². The van der Waals surface area contributed by atoms with Gasteiger partial charge in [0.1, 0.15) is 0 Å². The molecule has 2 aromatic rings. The van der Waals surface area contributed by atoms with E-state index in [9.17, 15) is 18.0 Å². The Balaban J connectivity index is 1.58. The average molecular weight is 431 g/mol. The van der Waals surface area contributed by atoms with E-state index in [0.29, 0.717) is 19.6 Å². The van der Waals surface area contributed by atoms with E-state index in [1.165, 1.54) is 28.6 Å². The van der Waals surface area contributed by atoms with E-state index in [0.717, 1.165) is 31.2 Å². The molecule has 0 atom stereocenters. The molecule has 1 aliphatic heterocycles. The fourth-order valence-electron chi connectivity index (χ4n) is 3.28. The van der Waals surface area contributed by atoms with Crippen molar-refractivity contribution in [3.63, 3.8) is 0 Å². The first-order valence-electron chi connectivity index (χ1n) is 10.0. The van der Waals surface area contributed by atoms with Gasteiger partial charge in [0.15, 0.2) is 6.61 Å². The Morgan fingerprint density at radius 3 is 2.33 bits per heavy atom. The molecule has 1 saturated heterocycles. The summed E-state index contributed by atoms with van der Waals surface area (Å²) in [5, 5.41) is 2.67. The average Bonchev–Trinajstić information content (AvgIpc) is 3.07. The first kappa shape index (κ1) is 22.0. The fraction of sp³-hybridized carbons (Fsp3) is 0.364. The summed E-state index contributed by atoms with van der Waals surface area (Å²) in [6.07, 6.45) is 3.70. The lowest BCUT2D eigenvalue weighted by molar-refractivity contribution is -0.124. The van der Waals surface area contributed by atoms with Gasteiger partial charge in [0.25, 0.3) is 5.91 Å². The normalized spacial score (nSPS) is 15.2. The molecule has 0 radical (unpaired) electrons. The van der Waals surface area contributed by atoms with Crippen LogP contribution in [0, 0.1) is 0 Å².